The van der Waals surface area contributed by atoms with Gasteiger partial charge in [-0.05, 0) is 49.8 Å². The minimum atomic E-state index is -0.373. The Morgan fingerprint density at radius 2 is 1.87 bits per heavy atom. The van der Waals surface area contributed by atoms with Crippen molar-refractivity contribution in [2.24, 2.45) is 0 Å². The van der Waals surface area contributed by atoms with Crippen LogP contribution in [0.25, 0.3) is 0 Å². The largest absolute Gasteiger partial charge is 0.334 e. The number of hydrogen-bond donors (Lipinski definition) is 2. The number of rotatable bonds is 5. The molecule has 0 aromatic heterocycles. The van der Waals surface area contributed by atoms with E-state index in [0.717, 1.165) is 17.7 Å². The summed E-state index contributed by atoms with van der Waals surface area (Å²) >= 11 is 0. The highest BCUT2D eigenvalue weighted by Crippen LogP contribution is 2.15. The first-order valence-electron chi connectivity index (χ1n) is 7.47. The molecule has 0 unspecified atom stereocenters. The fraction of sp³-hybridized carbons (Fsp3) is 0.278. The fourth-order valence-corrected chi connectivity index (χ4v) is 2.28. The SMILES string of the molecule is Cc1ccc(F)cc1NC(=O)NCc1cccc(CN(C)C)c1. The molecule has 2 rings (SSSR count). The summed E-state index contributed by atoms with van der Waals surface area (Å²) in [7, 11) is 4.03. The number of aryl methyl sites for hydroxylation is 1. The van der Waals surface area contributed by atoms with Gasteiger partial charge in [-0.3, -0.25) is 0 Å². The van der Waals surface area contributed by atoms with Crippen LogP contribution >= 0.6 is 0 Å². The Bertz CT molecular complexity index is 686. The number of halogens is 1. The van der Waals surface area contributed by atoms with Crippen LogP contribution in [-0.4, -0.2) is 25.0 Å². The standard InChI is InChI=1S/C18H22FN3O/c1-13-7-8-16(19)10-17(13)21-18(23)20-11-14-5-4-6-15(9-14)12-22(2)3/h4-10H,11-12H2,1-3H3,(H2,20,21,23). The van der Waals surface area contributed by atoms with Crippen molar-refractivity contribution in [1.29, 1.82) is 0 Å². The summed E-state index contributed by atoms with van der Waals surface area (Å²) in [5.41, 5.74) is 3.50. The van der Waals surface area contributed by atoms with Crippen LogP contribution in [0.3, 0.4) is 0 Å². The molecule has 4 nitrogen and oxygen atoms in total. The van der Waals surface area contributed by atoms with Crippen LogP contribution in [0.5, 0.6) is 0 Å². The number of amides is 2. The molecule has 2 aromatic rings. The molecule has 0 saturated carbocycles. The van der Waals surface area contributed by atoms with E-state index in [-0.39, 0.29) is 11.8 Å². The Kier molecular flexibility index (Phi) is 5.71. The minimum absolute atomic E-state index is 0.350. The van der Waals surface area contributed by atoms with Crippen LogP contribution in [0.4, 0.5) is 14.9 Å². The Hall–Kier alpha value is -2.40. The summed E-state index contributed by atoms with van der Waals surface area (Å²) in [5, 5.41) is 5.46. The van der Waals surface area contributed by atoms with Gasteiger partial charge < -0.3 is 15.5 Å². The molecular formula is C18H22FN3O. The number of nitrogens with one attached hydrogen (secondary N) is 2. The highest BCUT2D eigenvalue weighted by atomic mass is 19.1. The maximum Gasteiger partial charge on any atom is 0.319 e. The van der Waals surface area contributed by atoms with E-state index in [2.05, 4.69) is 27.7 Å². The second-order valence-electron chi connectivity index (χ2n) is 5.82. The highest BCUT2D eigenvalue weighted by Gasteiger charge is 2.06. The van der Waals surface area contributed by atoms with Crippen LogP contribution in [0.2, 0.25) is 0 Å². The topological polar surface area (TPSA) is 44.4 Å². The highest BCUT2D eigenvalue weighted by molar-refractivity contribution is 5.90. The van der Waals surface area contributed by atoms with E-state index in [1.54, 1.807) is 6.07 Å². The van der Waals surface area contributed by atoms with Crippen LogP contribution in [-0.2, 0) is 13.1 Å². The second-order valence-corrected chi connectivity index (χ2v) is 5.82. The molecule has 0 aliphatic rings. The van der Waals surface area contributed by atoms with Crippen LogP contribution in [0.1, 0.15) is 16.7 Å². The Labute approximate surface area is 136 Å². The molecule has 0 spiro atoms. The zero-order valence-corrected chi connectivity index (χ0v) is 13.7. The van der Waals surface area contributed by atoms with Crippen molar-refractivity contribution in [3.63, 3.8) is 0 Å². The average molecular weight is 315 g/mol. The maximum absolute atomic E-state index is 13.2. The zero-order valence-electron chi connectivity index (χ0n) is 13.7. The third-order valence-electron chi connectivity index (χ3n) is 3.39. The number of anilines is 1. The van der Waals surface area contributed by atoms with Crippen molar-refractivity contribution in [2.45, 2.75) is 20.0 Å². The van der Waals surface area contributed by atoms with Gasteiger partial charge in [-0.2, -0.15) is 0 Å². The number of benzene rings is 2. The molecular weight excluding hydrogens is 293 g/mol. The Balaban J connectivity index is 1.93. The van der Waals surface area contributed by atoms with Gasteiger partial charge in [-0.1, -0.05) is 30.3 Å². The minimum Gasteiger partial charge on any atom is -0.334 e. The fourth-order valence-electron chi connectivity index (χ4n) is 2.28. The Morgan fingerprint density at radius 3 is 2.61 bits per heavy atom. The third kappa shape index (κ3) is 5.38. The molecule has 2 aromatic carbocycles. The smallest absolute Gasteiger partial charge is 0.319 e. The summed E-state index contributed by atoms with van der Waals surface area (Å²) < 4.78 is 13.2. The van der Waals surface area contributed by atoms with Crippen molar-refractivity contribution >= 4 is 11.7 Å². The zero-order chi connectivity index (χ0) is 16.8. The van der Waals surface area contributed by atoms with E-state index in [4.69, 9.17) is 0 Å². The van der Waals surface area contributed by atoms with Crippen molar-refractivity contribution < 1.29 is 9.18 Å². The number of urea groups is 1. The summed E-state index contributed by atoms with van der Waals surface area (Å²) in [6.07, 6.45) is 0. The molecule has 0 bridgehead atoms. The van der Waals surface area contributed by atoms with Gasteiger partial charge >= 0.3 is 6.03 Å². The first kappa shape index (κ1) is 17.0. The van der Waals surface area contributed by atoms with E-state index in [9.17, 15) is 9.18 Å². The van der Waals surface area contributed by atoms with Crippen LogP contribution in [0, 0.1) is 12.7 Å². The monoisotopic (exact) mass is 315 g/mol. The lowest BCUT2D eigenvalue weighted by Gasteiger charge is -2.12. The number of hydrogen-bond acceptors (Lipinski definition) is 2. The summed E-state index contributed by atoms with van der Waals surface area (Å²) in [6, 6.07) is 12.0. The van der Waals surface area contributed by atoms with Gasteiger partial charge in [0.05, 0.1) is 0 Å². The quantitative estimate of drug-likeness (QED) is 0.887. The average Bonchev–Trinajstić information content (AvgIpc) is 2.49. The predicted molar refractivity (Wildman–Crippen MR) is 90.8 cm³/mol. The van der Waals surface area contributed by atoms with Gasteiger partial charge in [0, 0.05) is 18.8 Å². The number of carbonyl (C=O) groups is 1. The molecule has 0 aliphatic carbocycles. The van der Waals surface area contributed by atoms with Crippen molar-refractivity contribution in [3.05, 3.63) is 65.0 Å². The van der Waals surface area contributed by atoms with Gasteiger partial charge in [-0.15, -0.1) is 0 Å². The molecule has 5 heteroatoms. The summed E-state index contributed by atoms with van der Waals surface area (Å²) in [5.74, 6) is -0.373. The predicted octanol–water partition coefficient (Wildman–Crippen LogP) is 3.52. The molecule has 0 fully saturated rings. The van der Waals surface area contributed by atoms with Crippen LogP contribution in [0.15, 0.2) is 42.5 Å². The van der Waals surface area contributed by atoms with Crippen molar-refractivity contribution in [2.75, 3.05) is 19.4 Å². The Morgan fingerprint density at radius 1 is 1.13 bits per heavy atom. The second kappa shape index (κ2) is 7.74. The first-order valence-corrected chi connectivity index (χ1v) is 7.47. The van der Waals surface area contributed by atoms with Gasteiger partial charge in [0.25, 0.3) is 0 Å². The molecule has 0 aliphatic heterocycles. The van der Waals surface area contributed by atoms with E-state index >= 15 is 0 Å². The van der Waals surface area contributed by atoms with E-state index < -0.39 is 0 Å². The normalized spacial score (nSPS) is 10.7. The molecule has 0 saturated heterocycles. The van der Waals surface area contributed by atoms with E-state index in [0.29, 0.717) is 12.2 Å². The van der Waals surface area contributed by atoms with Gasteiger partial charge in [0.15, 0.2) is 0 Å². The molecule has 2 amide bonds. The maximum atomic E-state index is 13.2. The lowest BCUT2D eigenvalue weighted by atomic mass is 10.1. The third-order valence-corrected chi connectivity index (χ3v) is 3.39. The first-order chi connectivity index (χ1) is 10.9. The molecule has 122 valence electrons. The molecule has 0 heterocycles. The van der Waals surface area contributed by atoms with Gasteiger partial charge in [-0.25, -0.2) is 9.18 Å². The summed E-state index contributed by atoms with van der Waals surface area (Å²) in [6.45, 7) is 3.09. The molecule has 23 heavy (non-hydrogen) atoms. The molecule has 0 atom stereocenters. The lowest BCUT2D eigenvalue weighted by Crippen LogP contribution is -2.28. The lowest BCUT2D eigenvalue weighted by molar-refractivity contribution is 0.251. The molecule has 0 radical (unpaired) electrons. The van der Waals surface area contributed by atoms with Crippen molar-refractivity contribution in [3.8, 4) is 0 Å². The van der Waals surface area contributed by atoms with Crippen molar-refractivity contribution in [1.82, 2.24) is 10.2 Å². The number of carbonyl (C=O) groups excluding carboxylic acids is 1. The number of nitrogens with zero attached hydrogens (tertiary/aromatic N) is 1. The molecule has 2 N–H and O–H groups in total. The van der Waals surface area contributed by atoms with E-state index in [1.807, 2.05) is 33.2 Å². The van der Waals surface area contributed by atoms with Crippen LogP contribution < -0.4 is 10.6 Å². The van der Waals surface area contributed by atoms with E-state index in [1.165, 1.54) is 17.7 Å². The van der Waals surface area contributed by atoms with Gasteiger partial charge in [0.2, 0.25) is 0 Å². The van der Waals surface area contributed by atoms with Gasteiger partial charge in [0.1, 0.15) is 5.82 Å². The summed E-state index contributed by atoms with van der Waals surface area (Å²) in [4.78, 5) is 14.0.